The molecule has 0 bridgehead atoms. The third-order valence-corrected chi connectivity index (χ3v) is 5.90. The van der Waals surface area contributed by atoms with Crippen molar-refractivity contribution in [2.75, 3.05) is 19.5 Å². The van der Waals surface area contributed by atoms with E-state index in [1.807, 2.05) is 0 Å². The van der Waals surface area contributed by atoms with E-state index >= 15 is 0 Å². The Kier molecular flexibility index (Phi) is 6.03. The standard InChI is InChI=1S/C27H23N3O6/c1-34-19-12-10-17(11-13-19)15-30-26(32)25-24(21-8-3-4-9-22(21)36-25)29(27(30)33)16-23(31)28-18-6-5-7-20(14-18)35-2/h3-14H,15-16H2,1-2H3,(H,28,31). The van der Waals surface area contributed by atoms with Crippen LogP contribution in [0.2, 0.25) is 0 Å². The monoisotopic (exact) mass is 485 g/mol. The first-order valence-corrected chi connectivity index (χ1v) is 11.2. The van der Waals surface area contributed by atoms with Crippen molar-refractivity contribution >= 4 is 33.7 Å². The van der Waals surface area contributed by atoms with Crippen LogP contribution in [-0.4, -0.2) is 29.3 Å². The van der Waals surface area contributed by atoms with E-state index in [2.05, 4.69) is 5.32 Å². The first kappa shape index (κ1) is 23.0. The summed E-state index contributed by atoms with van der Waals surface area (Å²) in [5.74, 6) is 0.804. The van der Waals surface area contributed by atoms with Gasteiger partial charge >= 0.3 is 5.69 Å². The molecule has 1 N–H and O–H groups in total. The normalized spacial score (nSPS) is 11.1. The number of aromatic nitrogens is 2. The van der Waals surface area contributed by atoms with E-state index in [1.165, 1.54) is 11.7 Å². The average molecular weight is 485 g/mol. The Balaban J connectivity index is 1.61. The van der Waals surface area contributed by atoms with Gasteiger partial charge in [0.25, 0.3) is 5.56 Å². The molecule has 0 unspecified atom stereocenters. The number of ether oxygens (including phenoxy) is 2. The van der Waals surface area contributed by atoms with Crippen molar-refractivity contribution in [3.8, 4) is 11.5 Å². The lowest BCUT2D eigenvalue weighted by molar-refractivity contribution is -0.116. The van der Waals surface area contributed by atoms with Crippen LogP contribution in [0.15, 0.2) is 86.8 Å². The second-order valence-electron chi connectivity index (χ2n) is 8.16. The van der Waals surface area contributed by atoms with Gasteiger partial charge in [-0.05, 0) is 42.0 Å². The van der Waals surface area contributed by atoms with Gasteiger partial charge in [0.1, 0.15) is 29.1 Å². The lowest BCUT2D eigenvalue weighted by atomic mass is 10.2. The summed E-state index contributed by atoms with van der Waals surface area (Å²) in [7, 11) is 3.09. The molecule has 0 saturated carbocycles. The molecule has 0 fully saturated rings. The highest BCUT2D eigenvalue weighted by Gasteiger charge is 2.21. The molecule has 0 aliphatic carbocycles. The van der Waals surface area contributed by atoms with Crippen LogP contribution in [0.5, 0.6) is 11.5 Å². The summed E-state index contributed by atoms with van der Waals surface area (Å²) in [6.07, 6.45) is 0. The molecule has 9 heteroatoms. The summed E-state index contributed by atoms with van der Waals surface area (Å²) in [6.45, 7) is -0.314. The molecule has 0 radical (unpaired) electrons. The Hall–Kier alpha value is -4.79. The van der Waals surface area contributed by atoms with Crippen LogP contribution in [0, 0.1) is 0 Å². The minimum Gasteiger partial charge on any atom is -0.497 e. The van der Waals surface area contributed by atoms with Gasteiger partial charge in [0.05, 0.1) is 20.8 Å². The number of carbonyl (C=O) groups excluding carboxylic acids is 1. The predicted octanol–water partition coefficient (Wildman–Crippen LogP) is 3.61. The van der Waals surface area contributed by atoms with Crippen LogP contribution in [0.3, 0.4) is 0 Å². The van der Waals surface area contributed by atoms with Crippen molar-refractivity contribution < 1.29 is 18.7 Å². The second kappa shape index (κ2) is 9.46. The third kappa shape index (κ3) is 4.22. The molecule has 1 amide bonds. The molecule has 2 heterocycles. The number of fused-ring (bicyclic) bond motifs is 3. The number of furan rings is 1. The molecule has 2 aromatic heterocycles. The topological polar surface area (TPSA) is 105 Å². The van der Waals surface area contributed by atoms with Gasteiger partial charge in [-0.3, -0.25) is 18.7 Å². The summed E-state index contributed by atoms with van der Waals surface area (Å²) in [5.41, 5.74) is 0.811. The number of para-hydroxylation sites is 1. The van der Waals surface area contributed by atoms with Gasteiger partial charge in [0.2, 0.25) is 11.5 Å². The summed E-state index contributed by atoms with van der Waals surface area (Å²) >= 11 is 0. The van der Waals surface area contributed by atoms with Gasteiger partial charge in [-0.2, -0.15) is 0 Å². The number of nitrogens with one attached hydrogen (secondary N) is 1. The van der Waals surface area contributed by atoms with E-state index in [9.17, 15) is 14.4 Å². The average Bonchev–Trinajstić information content (AvgIpc) is 3.29. The van der Waals surface area contributed by atoms with Crippen molar-refractivity contribution in [1.29, 1.82) is 0 Å². The van der Waals surface area contributed by atoms with Crippen molar-refractivity contribution in [1.82, 2.24) is 9.13 Å². The van der Waals surface area contributed by atoms with Gasteiger partial charge in [0, 0.05) is 17.1 Å². The van der Waals surface area contributed by atoms with Crippen LogP contribution in [0.4, 0.5) is 5.69 Å². The fourth-order valence-electron chi connectivity index (χ4n) is 4.14. The first-order valence-electron chi connectivity index (χ1n) is 11.2. The maximum absolute atomic E-state index is 13.6. The fraction of sp³-hybridized carbons (Fsp3) is 0.148. The van der Waals surface area contributed by atoms with Crippen LogP contribution >= 0.6 is 0 Å². The van der Waals surface area contributed by atoms with Crippen molar-refractivity contribution in [3.63, 3.8) is 0 Å². The quantitative estimate of drug-likeness (QED) is 0.378. The van der Waals surface area contributed by atoms with E-state index in [1.54, 1.807) is 79.9 Å². The van der Waals surface area contributed by atoms with Crippen molar-refractivity contribution in [2.45, 2.75) is 13.1 Å². The first-order chi connectivity index (χ1) is 17.5. The molecule has 3 aromatic carbocycles. The number of hydrogen-bond acceptors (Lipinski definition) is 6. The highest BCUT2D eigenvalue weighted by Crippen LogP contribution is 2.26. The summed E-state index contributed by atoms with van der Waals surface area (Å²) in [4.78, 5) is 40.0. The zero-order valence-corrected chi connectivity index (χ0v) is 19.7. The van der Waals surface area contributed by atoms with E-state index in [0.717, 1.165) is 10.1 Å². The van der Waals surface area contributed by atoms with E-state index in [4.69, 9.17) is 13.9 Å². The molecule has 0 aliphatic rings. The Morgan fingerprint density at radius 2 is 1.64 bits per heavy atom. The predicted molar refractivity (Wildman–Crippen MR) is 136 cm³/mol. The maximum Gasteiger partial charge on any atom is 0.332 e. The van der Waals surface area contributed by atoms with Crippen LogP contribution < -0.4 is 26.0 Å². The van der Waals surface area contributed by atoms with E-state index in [0.29, 0.717) is 28.2 Å². The molecule has 0 atom stereocenters. The fourth-order valence-corrected chi connectivity index (χ4v) is 4.14. The Bertz CT molecular complexity index is 1700. The minimum atomic E-state index is -0.615. The van der Waals surface area contributed by atoms with Crippen molar-refractivity contribution in [3.05, 3.63) is 99.2 Å². The SMILES string of the molecule is COc1ccc(Cn2c(=O)c3oc4ccccc4c3n(CC(=O)Nc3cccc(OC)c3)c2=O)cc1. The zero-order chi connectivity index (χ0) is 25.2. The summed E-state index contributed by atoms with van der Waals surface area (Å²) < 4.78 is 18.6. The molecule has 0 saturated heterocycles. The number of anilines is 1. The minimum absolute atomic E-state index is 0.00610. The number of rotatable bonds is 7. The number of carbonyl (C=O) groups is 1. The van der Waals surface area contributed by atoms with Gasteiger partial charge in [0.15, 0.2) is 0 Å². The molecule has 9 nitrogen and oxygen atoms in total. The Morgan fingerprint density at radius 1 is 0.889 bits per heavy atom. The molecule has 182 valence electrons. The largest absolute Gasteiger partial charge is 0.497 e. The Morgan fingerprint density at radius 3 is 2.39 bits per heavy atom. The molecule has 0 aliphatic heterocycles. The second-order valence-corrected chi connectivity index (χ2v) is 8.16. The van der Waals surface area contributed by atoms with Crippen LogP contribution in [0.1, 0.15) is 5.56 Å². The molecular weight excluding hydrogens is 462 g/mol. The van der Waals surface area contributed by atoms with Gasteiger partial charge in [-0.25, -0.2) is 4.79 Å². The summed E-state index contributed by atoms with van der Waals surface area (Å²) in [6, 6.07) is 21.0. The molecule has 36 heavy (non-hydrogen) atoms. The number of hydrogen-bond donors (Lipinski definition) is 1. The summed E-state index contributed by atoms with van der Waals surface area (Å²) in [5, 5.41) is 3.36. The third-order valence-electron chi connectivity index (χ3n) is 5.90. The lowest BCUT2D eigenvalue weighted by Gasteiger charge is -2.13. The molecule has 5 aromatic rings. The number of nitrogens with zero attached hydrogens (tertiary/aromatic N) is 2. The van der Waals surface area contributed by atoms with Gasteiger partial charge in [-0.1, -0.05) is 30.3 Å². The van der Waals surface area contributed by atoms with E-state index < -0.39 is 17.2 Å². The van der Waals surface area contributed by atoms with Gasteiger partial charge in [-0.15, -0.1) is 0 Å². The highest BCUT2D eigenvalue weighted by atomic mass is 16.5. The van der Waals surface area contributed by atoms with Gasteiger partial charge < -0.3 is 19.2 Å². The Labute approximate surface area is 205 Å². The number of methoxy groups -OCH3 is 2. The van der Waals surface area contributed by atoms with Crippen molar-refractivity contribution in [2.24, 2.45) is 0 Å². The molecular formula is C27H23N3O6. The highest BCUT2D eigenvalue weighted by molar-refractivity contribution is 6.03. The van der Waals surface area contributed by atoms with Crippen LogP contribution in [0.25, 0.3) is 22.1 Å². The van der Waals surface area contributed by atoms with Crippen LogP contribution in [-0.2, 0) is 17.9 Å². The maximum atomic E-state index is 13.6. The molecule has 0 spiro atoms. The smallest absolute Gasteiger partial charge is 0.332 e. The zero-order valence-electron chi connectivity index (χ0n) is 19.7. The van der Waals surface area contributed by atoms with E-state index in [-0.39, 0.29) is 24.2 Å². The number of benzene rings is 3. The molecule has 5 rings (SSSR count). The number of amides is 1. The lowest BCUT2D eigenvalue weighted by Crippen LogP contribution is -2.41.